The van der Waals surface area contributed by atoms with E-state index in [9.17, 15) is 5.11 Å². The van der Waals surface area contributed by atoms with Crippen LogP contribution >= 0.6 is 11.6 Å². The second-order valence-electron chi connectivity index (χ2n) is 7.27. The average molecular weight is 389 g/mol. The fraction of sp³-hybridized carbons (Fsp3) is 0.478. The number of hydrogen-bond acceptors (Lipinski definition) is 3. The fourth-order valence-corrected chi connectivity index (χ4v) is 3.92. The van der Waals surface area contributed by atoms with Crippen LogP contribution in [0, 0.1) is 0 Å². The SMILES string of the molecule is CCCC1CC(O)CC(c2ccc(Cl)c(Cc3ccc(OCC)cc3)c2)O1. The van der Waals surface area contributed by atoms with Crippen molar-refractivity contribution in [3.63, 3.8) is 0 Å². The molecule has 1 aliphatic heterocycles. The van der Waals surface area contributed by atoms with Gasteiger partial charge in [0.2, 0.25) is 0 Å². The van der Waals surface area contributed by atoms with Crippen molar-refractivity contribution in [2.45, 2.75) is 64.3 Å². The first kappa shape index (κ1) is 20.2. The Morgan fingerprint density at radius 1 is 1.11 bits per heavy atom. The third-order valence-corrected chi connectivity index (χ3v) is 5.43. The van der Waals surface area contributed by atoms with Crippen LogP contribution in [0.2, 0.25) is 5.02 Å². The number of rotatable bonds is 7. The molecule has 3 unspecified atom stereocenters. The molecule has 0 bridgehead atoms. The van der Waals surface area contributed by atoms with Gasteiger partial charge in [0.1, 0.15) is 5.75 Å². The van der Waals surface area contributed by atoms with Gasteiger partial charge in [0.05, 0.1) is 24.9 Å². The Kier molecular flexibility index (Phi) is 7.17. The predicted molar refractivity (Wildman–Crippen MR) is 110 cm³/mol. The van der Waals surface area contributed by atoms with Gasteiger partial charge in [0.25, 0.3) is 0 Å². The van der Waals surface area contributed by atoms with E-state index in [0.717, 1.165) is 47.6 Å². The van der Waals surface area contributed by atoms with Gasteiger partial charge < -0.3 is 14.6 Å². The molecule has 2 aromatic carbocycles. The van der Waals surface area contributed by atoms with E-state index >= 15 is 0 Å². The van der Waals surface area contributed by atoms with Crippen molar-refractivity contribution in [3.8, 4) is 5.75 Å². The van der Waals surface area contributed by atoms with Gasteiger partial charge in [-0.2, -0.15) is 0 Å². The number of benzene rings is 2. The van der Waals surface area contributed by atoms with E-state index in [1.165, 1.54) is 5.56 Å². The maximum atomic E-state index is 10.2. The van der Waals surface area contributed by atoms with Gasteiger partial charge in [0, 0.05) is 11.4 Å². The zero-order valence-corrected chi connectivity index (χ0v) is 16.9. The molecule has 3 nitrogen and oxygen atoms in total. The van der Waals surface area contributed by atoms with Gasteiger partial charge in [-0.15, -0.1) is 0 Å². The number of hydrogen-bond donors (Lipinski definition) is 1. The molecule has 2 aromatic rings. The Bertz CT molecular complexity index is 729. The van der Waals surface area contributed by atoms with Gasteiger partial charge in [0.15, 0.2) is 0 Å². The Labute approximate surface area is 167 Å². The van der Waals surface area contributed by atoms with Crippen LogP contribution in [0.25, 0.3) is 0 Å². The summed E-state index contributed by atoms with van der Waals surface area (Å²) in [7, 11) is 0. The van der Waals surface area contributed by atoms with Gasteiger partial charge >= 0.3 is 0 Å². The Morgan fingerprint density at radius 3 is 2.59 bits per heavy atom. The van der Waals surface area contributed by atoms with Crippen LogP contribution in [0.15, 0.2) is 42.5 Å². The topological polar surface area (TPSA) is 38.7 Å². The lowest BCUT2D eigenvalue weighted by Crippen LogP contribution is -2.31. The highest BCUT2D eigenvalue weighted by Gasteiger charge is 2.29. The Hall–Kier alpha value is -1.55. The number of aliphatic hydroxyl groups is 1. The second-order valence-corrected chi connectivity index (χ2v) is 7.67. The van der Waals surface area contributed by atoms with Crippen molar-refractivity contribution in [3.05, 3.63) is 64.2 Å². The second kappa shape index (κ2) is 9.59. The largest absolute Gasteiger partial charge is 0.494 e. The molecule has 27 heavy (non-hydrogen) atoms. The molecule has 3 rings (SSSR count). The minimum atomic E-state index is -0.300. The van der Waals surface area contributed by atoms with Crippen LogP contribution in [0.1, 0.15) is 62.3 Å². The van der Waals surface area contributed by atoms with Gasteiger partial charge in [-0.05, 0) is 61.1 Å². The molecule has 0 aromatic heterocycles. The van der Waals surface area contributed by atoms with E-state index in [1.807, 2.05) is 31.2 Å². The molecular formula is C23H29ClO3. The smallest absolute Gasteiger partial charge is 0.119 e. The lowest BCUT2D eigenvalue weighted by molar-refractivity contribution is -0.100. The minimum Gasteiger partial charge on any atom is -0.494 e. The third kappa shape index (κ3) is 5.47. The van der Waals surface area contributed by atoms with E-state index in [2.05, 4.69) is 25.1 Å². The van der Waals surface area contributed by atoms with Crippen LogP contribution in [0.5, 0.6) is 5.75 Å². The van der Waals surface area contributed by atoms with Crippen LogP contribution in [-0.4, -0.2) is 23.9 Å². The maximum Gasteiger partial charge on any atom is 0.119 e. The van der Waals surface area contributed by atoms with Crippen molar-refractivity contribution in [1.29, 1.82) is 0 Å². The van der Waals surface area contributed by atoms with Crippen molar-refractivity contribution in [2.75, 3.05) is 6.61 Å². The average Bonchev–Trinajstić information content (AvgIpc) is 2.65. The molecule has 1 N–H and O–H groups in total. The monoisotopic (exact) mass is 388 g/mol. The summed E-state index contributed by atoms with van der Waals surface area (Å²) < 4.78 is 11.8. The van der Waals surface area contributed by atoms with Crippen LogP contribution in [0.3, 0.4) is 0 Å². The molecule has 0 aliphatic carbocycles. The first-order valence-corrected chi connectivity index (χ1v) is 10.3. The van der Waals surface area contributed by atoms with Gasteiger partial charge in [-0.25, -0.2) is 0 Å². The number of halogens is 1. The maximum absolute atomic E-state index is 10.2. The first-order valence-electron chi connectivity index (χ1n) is 9.92. The molecule has 1 aliphatic rings. The Balaban J connectivity index is 1.75. The summed E-state index contributed by atoms with van der Waals surface area (Å²) in [5, 5.41) is 11.0. The highest BCUT2D eigenvalue weighted by molar-refractivity contribution is 6.31. The molecule has 1 fully saturated rings. The molecule has 0 saturated carbocycles. The van der Waals surface area contributed by atoms with E-state index in [1.54, 1.807) is 0 Å². The zero-order valence-electron chi connectivity index (χ0n) is 16.2. The first-order chi connectivity index (χ1) is 13.1. The third-order valence-electron chi connectivity index (χ3n) is 5.06. The molecule has 1 saturated heterocycles. The minimum absolute atomic E-state index is 0.0679. The van der Waals surface area contributed by atoms with E-state index in [0.29, 0.717) is 13.0 Å². The summed E-state index contributed by atoms with van der Waals surface area (Å²) in [4.78, 5) is 0. The standard InChI is InChI=1S/C23H29ClO3/c1-3-5-21-14-19(25)15-23(27-21)17-8-11-22(24)18(13-17)12-16-6-9-20(10-7-16)26-4-2/h6-11,13,19,21,23,25H,3-5,12,14-15H2,1-2H3. The molecule has 146 valence electrons. The fourth-order valence-electron chi connectivity index (χ4n) is 3.73. The van der Waals surface area contributed by atoms with Gasteiger partial charge in [-0.1, -0.05) is 49.2 Å². The number of aliphatic hydroxyl groups excluding tert-OH is 1. The zero-order chi connectivity index (χ0) is 19.2. The highest BCUT2D eigenvalue weighted by Crippen LogP contribution is 2.35. The van der Waals surface area contributed by atoms with Crippen molar-refractivity contribution in [2.24, 2.45) is 0 Å². The molecule has 0 radical (unpaired) electrons. The molecule has 0 amide bonds. The predicted octanol–water partition coefficient (Wildman–Crippen LogP) is 5.71. The normalized spacial score (nSPS) is 22.6. The molecule has 1 heterocycles. The summed E-state index contributed by atoms with van der Waals surface area (Å²) in [5.41, 5.74) is 3.36. The van der Waals surface area contributed by atoms with Crippen molar-refractivity contribution >= 4 is 11.6 Å². The molecule has 3 atom stereocenters. The summed E-state index contributed by atoms with van der Waals surface area (Å²) in [6, 6.07) is 14.2. The van der Waals surface area contributed by atoms with E-state index in [-0.39, 0.29) is 18.3 Å². The van der Waals surface area contributed by atoms with Gasteiger partial charge in [-0.3, -0.25) is 0 Å². The van der Waals surface area contributed by atoms with E-state index in [4.69, 9.17) is 21.1 Å². The Morgan fingerprint density at radius 2 is 1.89 bits per heavy atom. The van der Waals surface area contributed by atoms with Crippen LogP contribution in [-0.2, 0) is 11.2 Å². The summed E-state index contributed by atoms with van der Waals surface area (Å²) >= 11 is 6.46. The van der Waals surface area contributed by atoms with Crippen LogP contribution in [0.4, 0.5) is 0 Å². The number of ether oxygens (including phenoxy) is 2. The highest BCUT2D eigenvalue weighted by atomic mass is 35.5. The van der Waals surface area contributed by atoms with Crippen LogP contribution < -0.4 is 4.74 Å². The molecule has 0 spiro atoms. The summed E-state index contributed by atoms with van der Waals surface area (Å²) in [6.07, 6.45) is 3.95. The quantitative estimate of drug-likeness (QED) is 0.660. The lowest BCUT2D eigenvalue weighted by atomic mass is 9.93. The lowest BCUT2D eigenvalue weighted by Gasteiger charge is -2.33. The van der Waals surface area contributed by atoms with E-state index < -0.39 is 0 Å². The summed E-state index contributed by atoms with van der Waals surface area (Å²) in [6.45, 7) is 4.80. The summed E-state index contributed by atoms with van der Waals surface area (Å²) in [5.74, 6) is 0.882. The van der Waals surface area contributed by atoms with Crippen molar-refractivity contribution < 1.29 is 14.6 Å². The van der Waals surface area contributed by atoms with Crippen molar-refractivity contribution in [1.82, 2.24) is 0 Å². The molecule has 4 heteroatoms. The molecular weight excluding hydrogens is 360 g/mol.